The molecular formula is C16H28NPTi. The van der Waals surface area contributed by atoms with E-state index in [2.05, 4.69) is 81.1 Å². The fourth-order valence-corrected chi connectivity index (χ4v) is 2.24. The summed E-state index contributed by atoms with van der Waals surface area (Å²) >= 11 is 0. The molecular weight excluding hydrogens is 285 g/mol. The van der Waals surface area contributed by atoms with E-state index >= 15 is 0 Å². The first kappa shape index (κ1) is 21.2. The van der Waals surface area contributed by atoms with Crippen LogP contribution in [0, 0.1) is 0 Å². The van der Waals surface area contributed by atoms with Crippen LogP contribution < -0.4 is 0 Å². The minimum Gasteiger partial charge on any atom is -0.272 e. The van der Waals surface area contributed by atoms with Crippen molar-refractivity contribution in [3.8, 4) is 0 Å². The van der Waals surface area contributed by atoms with Crippen molar-refractivity contribution in [2.24, 2.45) is 4.74 Å². The van der Waals surface area contributed by atoms with Gasteiger partial charge in [0.2, 0.25) is 0 Å². The van der Waals surface area contributed by atoms with Crippen LogP contribution in [0.4, 0.5) is 0 Å². The van der Waals surface area contributed by atoms with Crippen LogP contribution in [0.5, 0.6) is 0 Å². The second-order valence-electron chi connectivity index (χ2n) is 5.00. The van der Waals surface area contributed by atoms with Gasteiger partial charge in [-0.3, -0.25) is 4.74 Å². The average Bonchev–Trinajstić information content (AvgIpc) is 2.76. The van der Waals surface area contributed by atoms with E-state index in [4.69, 9.17) is 0 Å². The summed E-state index contributed by atoms with van der Waals surface area (Å²) in [7, 11) is -0.948. The molecule has 0 aromatic carbocycles. The zero-order valence-electron chi connectivity index (χ0n) is 13.1. The second-order valence-corrected chi connectivity index (χ2v) is 9.09. The Labute approximate surface area is 134 Å². The van der Waals surface area contributed by atoms with Crippen LogP contribution in [0.2, 0.25) is 0 Å². The van der Waals surface area contributed by atoms with Crippen LogP contribution in [0.15, 0.2) is 53.0 Å². The van der Waals surface area contributed by atoms with Crippen molar-refractivity contribution in [3.63, 3.8) is 0 Å². The van der Waals surface area contributed by atoms with Crippen LogP contribution in [0.1, 0.15) is 33.1 Å². The van der Waals surface area contributed by atoms with Gasteiger partial charge in [-0.05, 0) is 46.0 Å². The van der Waals surface area contributed by atoms with Gasteiger partial charge in [-0.1, -0.05) is 50.3 Å². The quantitative estimate of drug-likeness (QED) is 0.351. The van der Waals surface area contributed by atoms with Gasteiger partial charge in [-0.2, -0.15) is 0 Å². The Balaban J connectivity index is 0. The normalized spacial score (nSPS) is 14.1. The molecule has 1 aliphatic rings. The van der Waals surface area contributed by atoms with Gasteiger partial charge in [-0.15, -0.1) is 0 Å². The van der Waals surface area contributed by atoms with Crippen LogP contribution >= 0.6 is 7.05 Å². The van der Waals surface area contributed by atoms with Crippen LogP contribution in [-0.2, 0) is 21.7 Å². The standard InChI is InChI=1S/C8H14NP.C8H14.Ti/c1-10(2,3)9-8-6-4-5-7-8;1-3-5-7-8-6-4-2;/h4-6H,7H2,1-3H3;5-8H,3-4H2,1-2H3;. The molecule has 0 saturated heterocycles. The molecule has 106 valence electrons. The van der Waals surface area contributed by atoms with Gasteiger partial charge in [0.15, 0.2) is 0 Å². The molecule has 0 unspecified atom stereocenters. The fraction of sp³-hybridized carbons (Fsp3) is 0.500. The third kappa shape index (κ3) is 15.8. The number of rotatable bonds is 4. The fourth-order valence-electron chi connectivity index (χ4n) is 1.32. The van der Waals surface area contributed by atoms with E-state index in [1.807, 2.05) is 0 Å². The SMILES string of the molecule is CCC=CC=CCC.CP(C)(C)=NC1=CC=CC1.[Ti]. The predicted octanol–water partition coefficient (Wildman–Crippen LogP) is 5.84. The maximum atomic E-state index is 4.62. The largest absolute Gasteiger partial charge is 0.272 e. The Morgan fingerprint density at radius 1 is 1.11 bits per heavy atom. The molecule has 1 aliphatic carbocycles. The van der Waals surface area contributed by atoms with Crippen molar-refractivity contribution in [3.05, 3.63) is 48.2 Å². The number of allylic oxidation sites excluding steroid dienone is 7. The molecule has 0 aliphatic heterocycles. The van der Waals surface area contributed by atoms with Crippen molar-refractivity contribution >= 4 is 7.05 Å². The summed E-state index contributed by atoms with van der Waals surface area (Å²) in [6, 6.07) is 0. The van der Waals surface area contributed by atoms with Crippen molar-refractivity contribution in [1.29, 1.82) is 0 Å². The van der Waals surface area contributed by atoms with Gasteiger partial charge >= 0.3 is 0 Å². The van der Waals surface area contributed by atoms with Crippen molar-refractivity contribution in [1.82, 2.24) is 0 Å². The number of hydrogen-bond acceptors (Lipinski definition) is 1. The molecule has 1 nitrogen and oxygen atoms in total. The maximum Gasteiger partial charge on any atom is 0.0424 e. The first-order chi connectivity index (χ1) is 8.49. The molecule has 0 spiro atoms. The minimum atomic E-state index is -0.948. The van der Waals surface area contributed by atoms with E-state index in [0.717, 1.165) is 19.3 Å². The Morgan fingerprint density at radius 2 is 1.63 bits per heavy atom. The number of nitrogens with zero attached hydrogens (tertiary/aromatic N) is 1. The summed E-state index contributed by atoms with van der Waals surface area (Å²) in [4.78, 5) is 0. The zero-order valence-corrected chi connectivity index (χ0v) is 15.5. The Bertz CT molecular complexity index is 363. The van der Waals surface area contributed by atoms with E-state index < -0.39 is 7.05 Å². The van der Waals surface area contributed by atoms with E-state index in [0.29, 0.717) is 0 Å². The van der Waals surface area contributed by atoms with Gasteiger partial charge in [-0.25, -0.2) is 0 Å². The molecule has 3 heteroatoms. The third-order valence-electron chi connectivity index (χ3n) is 2.03. The molecule has 0 saturated carbocycles. The Kier molecular flexibility index (Phi) is 14.4. The zero-order chi connectivity index (χ0) is 13.9. The van der Waals surface area contributed by atoms with Gasteiger partial charge in [0.05, 0.1) is 0 Å². The molecule has 0 atom stereocenters. The molecule has 0 fully saturated rings. The molecule has 19 heavy (non-hydrogen) atoms. The summed E-state index contributed by atoms with van der Waals surface area (Å²) < 4.78 is 4.62. The molecule has 0 heterocycles. The summed E-state index contributed by atoms with van der Waals surface area (Å²) in [6.45, 7) is 11.0. The van der Waals surface area contributed by atoms with Gasteiger partial charge in [0, 0.05) is 33.8 Å². The van der Waals surface area contributed by atoms with Crippen molar-refractivity contribution < 1.29 is 21.7 Å². The molecule has 0 radical (unpaired) electrons. The van der Waals surface area contributed by atoms with E-state index in [9.17, 15) is 0 Å². The smallest absolute Gasteiger partial charge is 0.0424 e. The maximum absolute atomic E-state index is 4.62. The summed E-state index contributed by atoms with van der Waals surface area (Å²) in [5.74, 6) is 0. The summed E-state index contributed by atoms with van der Waals surface area (Å²) in [5.41, 5.74) is 1.25. The van der Waals surface area contributed by atoms with Crippen molar-refractivity contribution in [2.75, 3.05) is 20.0 Å². The van der Waals surface area contributed by atoms with E-state index in [1.54, 1.807) is 0 Å². The summed E-state index contributed by atoms with van der Waals surface area (Å²) in [5, 5.41) is 0. The third-order valence-corrected chi connectivity index (χ3v) is 2.89. The molecule has 1 rings (SSSR count). The Hall–Kier alpha value is -0.0957. The van der Waals surface area contributed by atoms with Gasteiger partial charge < -0.3 is 0 Å². The van der Waals surface area contributed by atoms with Crippen LogP contribution in [0.25, 0.3) is 0 Å². The topological polar surface area (TPSA) is 12.4 Å². The van der Waals surface area contributed by atoms with E-state index in [-0.39, 0.29) is 21.7 Å². The molecule has 0 amide bonds. The van der Waals surface area contributed by atoms with E-state index in [1.165, 1.54) is 5.70 Å². The van der Waals surface area contributed by atoms with Crippen molar-refractivity contribution in [2.45, 2.75) is 33.1 Å². The molecule has 0 aromatic heterocycles. The van der Waals surface area contributed by atoms with Gasteiger partial charge in [0.1, 0.15) is 0 Å². The molecule has 0 bridgehead atoms. The van der Waals surface area contributed by atoms with Crippen LogP contribution in [0.3, 0.4) is 0 Å². The molecule has 0 N–H and O–H groups in total. The Morgan fingerprint density at radius 3 is 1.95 bits per heavy atom. The predicted molar refractivity (Wildman–Crippen MR) is 87.8 cm³/mol. The number of hydrogen-bond donors (Lipinski definition) is 0. The minimum absolute atomic E-state index is 0. The first-order valence-electron chi connectivity index (χ1n) is 6.71. The van der Waals surface area contributed by atoms with Crippen LogP contribution in [-0.4, -0.2) is 20.0 Å². The van der Waals surface area contributed by atoms with Gasteiger partial charge in [0.25, 0.3) is 0 Å². The molecule has 0 aromatic rings. The summed E-state index contributed by atoms with van der Waals surface area (Å²) in [6.07, 6.45) is 18.1. The second kappa shape index (κ2) is 12.9. The monoisotopic (exact) mass is 313 g/mol. The first-order valence-corrected chi connectivity index (χ1v) is 9.80. The average molecular weight is 313 g/mol.